The predicted octanol–water partition coefficient (Wildman–Crippen LogP) is 3.37. The molecule has 24 heavy (non-hydrogen) atoms. The molecule has 2 aromatic rings. The minimum Gasteiger partial charge on any atom is -0.450 e. The lowest BCUT2D eigenvalue weighted by Gasteiger charge is -2.08. The normalized spacial score (nSPS) is 10.1. The lowest BCUT2D eigenvalue weighted by molar-refractivity contribution is 0.0954. The topological polar surface area (TPSA) is 67.4 Å². The minimum atomic E-state index is -0.564. The summed E-state index contributed by atoms with van der Waals surface area (Å²) in [5, 5.41) is 5.34. The van der Waals surface area contributed by atoms with E-state index in [1.807, 2.05) is 0 Å². The van der Waals surface area contributed by atoms with E-state index >= 15 is 0 Å². The van der Waals surface area contributed by atoms with Crippen LogP contribution in [0.15, 0.2) is 48.5 Å². The van der Waals surface area contributed by atoms with Crippen LogP contribution in [0.1, 0.15) is 22.8 Å². The predicted molar refractivity (Wildman–Crippen MR) is 89.5 cm³/mol. The molecule has 0 aliphatic carbocycles. The number of halogens is 1. The van der Waals surface area contributed by atoms with Gasteiger partial charge in [-0.3, -0.25) is 10.1 Å². The molecular weight excluding hydrogens is 311 g/mol. The Bertz CT molecular complexity index is 702. The van der Waals surface area contributed by atoms with E-state index < -0.39 is 6.09 Å². The van der Waals surface area contributed by atoms with E-state index in [-0.39, 0.29) is 18.3 Å². The van der Waals surface area contributed by atoms with Crippen LogP contribution >= 0.6 is 0 Å². The van der Waals surface area contributed by atoms with Crippen LogP contribution in [-0.4, -0.2) is 25.2 Å². The quantitative estimate of drug-likeness (QED) is 0.853. The molecule has 0 heterocycles. The summed E-state index contributed by atoms with van der Waals surface area (Å²) in [7, 11) is 0. The molecule has 2 amide bonds. The van der Waals surface area contributed by atoms with Gasteiger partial charge >= 0.3 is 6.09 Å². The van der Waals surface area contributed by atoms with E-state index in [0.29, 0.717) is 24.2 Å². The first-order valence-corrected chi connectivity index (χ1v) is 7.65. The number of carbonyl (C=O) groups excluding carboxylic acids is 2. The summed E-state index contributed by atoms with van der Waals surface area (Å²) in [4.78, 5) is 23.5. The molecule has 5 nitrogen and oxygen atoms in total. The molecule has 2 rings (SSSR count). The third kappa shape index (κ3) is 5.39. The van der Waals surface area contributed by atoms with E-state index in [1.54, 1.807) is 43.3 Å². The highest BCUT2D eigenvalue weighted by atomic mass is 19.1. The zero-order valence-electron chi connectivity index (χ0n) is 13.3. The maximum atomic E-state index is 12.8. The van der Waals surface area contributed by atoms with E-state index in [4.69, 9.17) is 4.74 Å². The van der Waals surface area contributed by atoms with Crippen LogP contribution in [0, 0.1) is 5.82 Å². The number of hydrogen-bond acceptors (Lipinski definition) is 3. The summed E-state index contributed by atoms with van der Waals surface area (Å²) >= 11 is 0. The fourth-order valence-electron chi connectivity index (χ4n) is 2.10. The van der Waals surface area contributed by atoms with Crippen LogP contribution in [0.4, 0.5) is 14.9 Å². The van der Waals surface area contributed by atoms with Crippen molar-refractivity contribution in [1.82, 2.24) is 5.32 Å². The highest BCUT2D eigenvalue weighted by Gasteiger charge is 2.08. The van der Waals surface area contributed by atoms with Crippen molar-refractivity contribution in [3.63, 3.8) is 0 Å². The van der Waals surface area contributed by atoms with Crippen LogP contribution < -0.4 is 10.6 Å². The Morgan fingerprint density at radius 1 is 1.12 bits per heavy atom. The van der Waals surface area contributed by atoms with Crippen LogP contribution in [-0.2, 0) is 11.2 Å². The standard InChI is InChI=1S/C18H19FN2O3/c1-2-24-18(23)21-16-5-3-4-14(12-16)17(22)20-11-10-13-6-8-15(19)9-7-13/h3-9,12H,2,10-11H2,1H3,(H,20,22)(H,21,23). The van der Waals surface area contributed by atoms with Gasteiger partial charge in [0.1, 0.15) is 5.82 Å². The molecule has 0 fully saturated rings. The van der Waals surface area contributed by atoms with Crippen molar-refractivity contribution < 1.29 is 18.7 Å². The maximum Gasteiger partial charge on any atom is 0.411 e. The summed E-state index contributed by atoms with van der Waals surface area (Å²) in [5.74, 6) is -0.529. The Labute approximate surface area is 139 Å². The third-order valence-electron chi connectivity index (χ3n) is 3.26. The number of nitrogens with one attached hydrogen (secondary N) is 2. The maximum absolute atomic E-state index is 12.8. The van der Waals surface area contributed by atoms with Crippen LogP contribution in [0.3, 0.4) is 0 Å². The summed E-state index contributed by atoms with van der Waals surface area (Å²) in [5.41, 5.74) is 1.86. The molecule has 0 radical (unpaired) electrons. The Kier molecular flexibility index (Phi) is 6.31. The summed E-state index contributed by atoms with van der Waals surface area (Å²) in [6.07, 6.45) is 0.0404. The lowest BCUT2D eigenvalue weighted by atomic mass is 10.1. The number of amides is 2. The first kappa shape index (κ1) is 17.5. The molecule has 6 heteroatoms. The molecule has 2 N–H and O–H groups in total. The lowest BCUT2D eigenvalue weighted by Crippen LogP contribution is -2.25. The number of benzene rings is 2. The van der Waals surface area contributed by atoms with E-state index in [2.05, 4.69) is 10.6 Å². The largest absolute Gasteiger partial charge is 0.450 e. The van der Waals surface area contributed by atoms with Crippen LogP contribution in [0.2, 0.25) is 0 Å². The molecule has 0 aliphatic rings. The Hall–Kier alpha value is -2.89. The smallest absolute Gasteiger partial charge is 0.411 e. The van der Waals surface area contributed by atoms with Crippen LogP contribution in [0.25, 0.3) is 0 Å². The summed E-state index contributed by atoms with van der Waals surface area (Å²) in [6.45, 7) is 2.42. The second-order valence-electron chi connectivity index (χ2n) is 5.06. The highest BCUT2D eigenvalue weighted by molar-refractivity contribution is 5.96. The highest BCUT2D eigenvalue weighted by Crippen LogP contribution is 2.11. The Balaban J connectivity index is 1.87. The van der Waals surface area contributed by atoms with Gasteiger partial charge in [-0.15, -0.1) is 0 Å². The zero-order valence-corrected chi connectivity index (χ0v) is 13.3. The van der Waals surface area contributed by atoms with Gasteiger partial charge in [0.05, 0.1) is 6.61 Å². The van der Waals surface area contributed by atoms with E-state index in [1.165, 1.54) is 12.1 Å². The zero-order chi connectivity index (χ0) is 17.4. The van der Waals surface area contributed by atoms with Crippen molar-refractivity contribution in [2.75, 3.05) is 18.5 Å². The first-order chi connectivity index (χ1) is 11.6. The molecule has 0 atom stereocenters. The van der Waals surface area contributed by atoms with E-state index in [9.17, 15) is 14.0 Å². The van der Waals surface area contributed by atoms with Crippen LogP contribution in [0.5, 0.6) is 0 Å². The van der Waals surface area contributed by atoms with Crippen molar-refractivity contribution in [2.45, 2.75) is 13.3 Å². The van der Waals surface area contributed by atoms with Gasteiger partial charge in [-0.2, -0.15) is 0 Å². The molecule has 2 aromatic carbocycles. The Morgan fingerprint density at radius 2 is 1.88 bits per heavy atom. The molecule has 0 saturated carbocycles. The first-order valence-electron chi connectivity index (χ1n) is 7.65. The second-order valence-corrected chi connectivity index (χ2v) is 5.06. The van der Waals surface area contributed by atoms with Gasteiger partial charge in [-0.25, -0.2) is 9.18 Å². The number of hydrogen-bond donors (Lipinski definition) is 2. The van der Waals surface area contributed by atoms with Gasteiger partial charge in [0.2, 0.25) is 0 Å². The summed E-state index contributed by atoms with van der Waals surface area (Å²) in [6, 6.07) is 12.7. The number of ether oxygens (including phenoxy) is 1. The van der Waals surface area contributed by atoms with Crippen molar-refractivity contribution in [3.05, 3.63) is 65.5 Å². The molecule has 0 spiro atoms. The molecule has 0 saturated heterocycles. The molecule has 0 unspecified atom stereocenters. The minimum absolute atomic E-state index is 0.246. The monoisotopic (exact) mass is 330 g/mol. The second kappa shape index (κ2) is 8.67. The van der Waals surface area contributed by atoms with Gasteiger partial charge in [0.15, 0.2) is 0 Å². The molecule has 0 aromatic heterocycles. The fourth-order valence-corrected chi connectivity index (χ4v) is 2.10. The average Bonchev–Trinajstić information content (AvgIpc) is 2.57. The van der Waals surface area contributed by atoms with Crippen molar-refractivity contribution in [1.29, 1.82) is 0 Å². The number of rotatable bonds is 6. The summed E-state index contributed by atoms with van der Waals surface area (Å²) < 4.78 is 17.6. The van der Waals surface area contributed by atoms with Gasteiger partial charge in [0.25, 0.3) is 5.91 Å². The third-order valence-corrected chi connectivity index (χ3v) is 3.26. The van der Waals surface area contributed by atoms with Gasteiger partial charge in [-0.1, -0.05) is 18.2 Å². The van der Waals surface area contributed by atoms with Gasteiger partial charge in [-0.05, 0) is 49.2 Å². The van der Waals surface area contributed by atoms with Gasteiger partial charge in [0, 0.05) is 17.8 Å². The number of carbonyl (C=O) groups is 2. The molecule has 0 bridgehead atoms. The number of anilines is 1. The van der Waals surface area contributed by atoms with E-state index in [0.717, 1.165) is 5.56 Å². The molecule has 0 aliphatic heterocycles. The van der Waals surface area contributed by atoms with Crippen molar-refractivity contribution >= 4 is 17.7 Å². The fraction of sp³-hybridized carbons (Fsp3) is 0.222. The van der Waals surface area contributed by atoms with Crippen molar-refractivity contribution in [3.8, 4) is 0 Å². The van der Waals surface area contributed by atoms with Gasteiger partial charge < -0.3 is 10.1 Å². The van der Waals surface area contributed by atoms with Crippen molar-refractivity contribution in [2.24, 2.45) is 0 Å². The SMILES string of the molecule is CCOC(=O)Nc1cccc(C(=O)NCCc2ccc(F)cc2)c1. The molecular formula is C18H19FN2O3. The Morgan fingerprint density at radius 3 is 2.58 bits per heavy atom. The molecule has 126 valence electrons. The average molecular weight is 330 g/mol.